The Balaban J connectivity index is 4.55. The first-order valence-corrected chi connectivity index (χ1v) is 6.21. The first-order chi connectivity index (χ1) is 7.65. The molecular weight excluding hydrogens is 271 g/mol. The van der Waals surface area contributed by atoms with Crippen LogP contribution in [0.25, 0.3) is 0 Å². The van der Waals surface area contributed by atoms with Crippen LogP contribution in [0.3, 0.4) is 0 Å². The molecule has 0 rings (SSSR count). The number of rotatable bonds is 7. The number of halogens is 2. The molecule has 0 unspecified atom stereocenters. The molecule has 0 radical (unpaired) electrons. The molecule has 0 bridgehead atoms. The van der Waals surface area contributed by atoms with Gasteiger partial charge < -0.3 is 10.6 Å². The zero-order valence-electron chi connectivity index (χ0n) is 10.1. The van der Waals surface area contributed by atoms with Crippen molar-refractivity contribution in [3.8, 4) is 0 Å². The molecule has 0 spiro atoms. The van der Waals surface area contributed by atoms with Gasteiger partial charge in [0.15, 0.2) is 6.80 Å². The molecule has 16 heavy (non-hydrogen) atoms. The van der Waals surface area contributed by atoms with Crippen molar-refractivity contribution in [1.82, 2.24) is 10.6 Å². The van der Waals surface area contributed by atoms with Gasteiger partial charge in [-0.1, -0.05) is 25.5 Å². The van der Waals surface area contributed by atoms with Crippen molar-refractivity contribution in [3.05, 3.63) is 34.2 Å². The topological polar surface area (TPSA) is 24.1 Å². The van der Waals surface area contributed by atoms with E-state index in [0.717, 1.165) is 23.0 Å². The third kappa shape index (κ3) is 6.67. The van der Waals surface area contributed by atoms with Crippen molar-refractivity contribution >= 4 is 15.9 Å². The van der Waals surface area contributed by atoms with Crippen LogP contribution in [0, 0.1) is 0 Å². The molecule has 0 aliphatic carbocycles. The number of nitrogens with one attached hydrogen (secondary N) is 2. The van der Waals surface area contributed by atoms with Crippen LogP contribution in [0.2, 0.25) is 0 Å². The lowest BCUT2D eigenvalue weighted by atomic mass is 10.3. The molecule has 0 heterocycles. The molecule has 0 aliphatic rings. The van der Waals surface area contributed by atoms with Crippen LogP contribution in [0.1, 0.15) is 33.6 Å². The molecule has 0 aliphatic heterocycles. The second-order valence-electron chi connectivity index (χ2n) is 3.31. The maximum Gasteiger partial charge on any atom is 0.160 e. The molecule has 0 aromatic heterocycles. The second kappa shape index (κ2) is 9.46. The number of unbranched alkanes of at least 4 members (excludes halogenated alkanes) is 1. The highest BCUT2D eigenvalue weighted by Gasteiger charge is 1.99. The molecule has 0 atom stereocenters. The van der Waals surface area contributed by atoms with Crippen LogP contribution in [0.15, 0.2) is 34.2 Å². The van der Waals surface area contributed by atoms with E-state index < -0.39 is 6.80 Å². The van der Waals surface area contributed by atoms with E-state index in [9.17, 15) is 4.39 Å². The third-order valence-corrected chi connectivity index (χ3v) is 2.75. The summed E-state index contributed by atoms with van der Waals surface area (Å²) in [7, 11) is 0. The van der Waals surface area contributed by atoms with Gasteiger partial charge in [0, 0.05) is 10.2 Å². The van der Waals surface area contributed by atoms with E-state index in [4.69, 9.17) is 0 Å². The van der Waals surface area contributed by atoms with E-state index >= 15 is 0 Å². The Morgan fingerprint density at radius 2 is 2.12 bits per heavy atom. The summed E-state index contributed by atoms with van der Waals surface area (Å²) < 4.78 is 13.2. The summed E-state index contributed by atoms with van der Waals surface area (Å²) in [5, 5.41) is 5.78. The fourth-order valence-electron chi connectivity index (χ4n) is 1.06. The average Bonchev–Trinajstić information content (AvgIpc) is 2.26. The van der Waals surface area contributed by atoms with E-state index in [1.807, 2.05) is 32.1 Å². The van der Waals surface area contributed by atoms with Crippen LogP contribution in [0.4, 0.5) is 4.39 Å². The zero-order chi connectivity index (χ0) is 12.4. The number of hydrogen-bond acceptors (Lipinski definition) is 2. The van der Waals surface area contributed by atoms with E-state index in [2.05, 4.69) is 33.5 Å². The predicted molar refractivity (Wildman–Crippen MR) is 71.7 cm³/mol. The molecule has 4 heteroatoms. The van der Waals surface area contributed by atoms with Crippen molar-refractivity contribution in [2.24, 2.45) is 0 Å². The Bertz CT molecular complexity index is 283. The van der Waals surface area contributed by atoms with E-state index in [1.54, 1.807) is 0 Å². The summed E-state index contributed by atoms with van der Waals surface area (Å²) >= 11 is 3.43. The number of alkyl halides is 1. The minimum atomic E-state index is -0.572. The minimum absolute atomic E-state index is 0.572. The van der Waals surface area contributed by atoms with Gasteiger partial charge >= 0.3 is 0 Å². The molecule has 0 fully saturated rings. The van der Waals surface area contributed by atoms with Gasteiger partial charge in [0.1, 0.15) is 5.82 Å². The lowest BCUT2D eigenvalue weighted by Gasteiger charge is -2.12. The zero-order valence-corrected chi connectivity index (χ0v) is 11.7. The highest BCUT2D eigenvalue weighted by Crippen LogP contribution is 2.12. The van der Waals surface area contributed by atoms with Crippen LogP contribution in [-0.4, -0.2) is 6.80 Å². The maximum absolute atomic E-state index is 12.2. The molecule has 92 valence electrons. The summed E-state index contributed by atoms with van der Waals surface area (Å²) in [6.45, 7) is 5.39. The molecule has 0 saturated carbocycles. The van der Waals surface area contributed by atoms with Crippen molar-refractivity contribution in [2.45, 2.75) is 33.6 Å². The third-order valence-electron chi connectivity index (χ3n) is 1.89. The van der Waals surface area contributed by atoms with Crippen molar-refractivity contribution in [3.63, 3.8) is 0 Å². The van der Waals surface area contributed by atoms with Gasteiger partial charge in [-0.05, 0) is 42.3 Å². The molecule has 2 N–H and O–H groups in total. The molecule has 0 saturated heterocycles. The van der Waals surface area contributed by atoms with Gasteiger partial charge in [-0.15, -0.1) is 0 Å². The first kappa shape index (κ1) is 15.2. The van der Waals surface area contributed by atoms with Crippen molar-refractivity contribution < 1.29 is 4.39 Å². The normalized spacial score (nSPS) is 13.9. The van der Waals surface area contributed by atoms with Crippen molar-refractivity contribution in [2.75, 3.05) is 6.80 Å². The Labute approximate surface area is 106 Å². The van der Waals surface area contributed by atoms with Gasteiger partial charge in [-0.2, -0.15) is 0 Å². The Kier molecular flexibility index (Phi) is 9.00. The Hall–Kier alpha value is -0.770. The summed E-state index contributed by atoms with van der Waals surface area (Å²) in [6.07, 6.45) is 7.79. The summed E-state index contributed by atoms with van der Waals surface area (Å²) in [6, 6.07) is 0. The van der Waals surface area contributed by atoms with Crippen LogP contribution in [0.5, 0.6) is 0 Å². The van der Waals surface area contributed by atoms with Gasteiger partial charge in [-0.25, -0.2) is 4.39 Å². The predicted octanol–water partition coefficient (Wildman–Crippen LogP) is 3.94. The fourth-order valence-corrected chi connectivity index (χ4v) is 1.42. The lowest BCUT2D eigenvalue weighted by molar-refractivity contribution is 0.446. The molecule has 0 amide bonds. The molecule has 0 aromatic carbocycles. The smallest absolute Gasteiger partial charge is 0.160 e. The molecule has 0 aromatic rings. The number of allylic oxidation sites excluding steroid dienone is 5. The fraction of sp³-hybridized carbons (Fsp3) is 0.500. The van der Waals surface area contributed by atoms with Gasteiger partial charge in [0.25, 0.3) is 0 Å². The molecule has 2 nitrogen and oxygen atoms in total. The van der Waals surface area contributed by atoms with Crippen LogP contribution in [-0.2, 0) is 0 Å². The van der Waals surface area contributed by atoms with E-state index in [1.165, 1.54) is 0 Å². The monoisotopic (exact) mass is 290 g/mol. The first-order valence-electron chi connectivity index (χ1n) is 5.41. The number of hydrogen-bond donors (Lipinski definition) is 2. The van der Waals surface area contributed by atoms with Gasteiger partial charge in [-0.3, -0.25) is 0 Å². The quantitative estimate of drug-likeness (QED) is 0.548. The van der Waals surface area contributed by atoms with Gasteiger partial charge in [0.2, 0.25) is 0 Å². The van der Waals surface area contributed by atoms with Gasteiger partial charge in [0.05, 0.1) is 0 Å². The van der Waals surface area contributed by atoms with Crippen LogP contribution >= 0.6 is 15.9 Å². The standard InChI is InChI=1S/C12H20BrFN2/c1-4-6-8-12(15-9-14)16-10(3)11(13)7-5-2/h5,7-8,15-16H,4,6,9H2,1-3H3/b7-5-,11-10-,12-8?. The lowest BCUT2D eigenvalue weighted by Crippen LogP contribution is -2.24. The van der Waals surface area contributed by atoms with E-state index in [-0.39, 0.29) is 0 Å². The Morgan fingerprint density at radius 1 is 1.44 bits per heavy atom. The van der Waals surface area contributed by atoms with Crippen molar-refractivity contribution in [1.29, 1.82) is 0 Å². The average molecular weight is 291 g/mol. The summed E-state index contributed by atoms with van der Waals surface area (Å²) in [5.74, 6) is 0.711. The second-order valence-corrected chi connectivity index (χ2v) is 4.17. The highest BCUT2D eigenvalue weighted by atomic mass is 79.9. The largest absolute Gasteiger partial charge is 0.345 e. The summed E-state index contributed by atoms with van der Waals surface area (Å²) in [4.78, 5) is 0. The Morgan fingerprint density at radius 3 is 2.62 bits per heavy atom. The van der Waals surface area contributed by atoms with Crippen LogP contribution < -0.4 is 10.6 Å². The molecular formula is C12H20BrFN2. The minimum Gasteiger partial charge on any atom is -0.345 e. The van der Waals surface area contributed by atoms with E-state index in [0.29, 0.717) is 5.82 Å². The SMILES string of the molecule is C/C=C\C(Br)=C(/C)NC(=CCCC)NCF. The maximum atomic E-state index is 12.2. The highest BCUT2D eigenvalue weighted by molar-refractivity contribution is 9.11. The summed E-state index contributed by atoms with van der Waals surface area (Å²) in [5.41, 5.74) is 0.946.